The van der Waals surface area contributed by atoms with Gasteiger partial charge in [-0.2, -0.15) is 0 Å². The molecule has 1 aliphatic rings. The van der Waals surface area contributed by atoms with Crippen LogP contribution < -0.4 is 5.32 Å². The van der Waals surface area contributed by atoms with Crippen LogP contribution in [0.5, 0.6) is 0 Å². The van der Waals surface area contributed by atoms with Gasteiger partial charge in [0.2, 0.25) is 0 Å². The Labute approximate surface area is 130 Å². The van der Waals surface area contributed by atoms with Crippen LogP contribution in [0.4, 0.5) is 4.39 Å². The summed E-state index contributed by atoms with van der Waals surface area (Å²) in [5.41, 5.74) is 1.28. The van der Waals surface area contributed by atoms with Crippen LogP contribution >= 0.6 is 15.9 Å². The summed E-state index contributed by atoms with van der Waals surface area (Å²) in [4.78, 5) is 0. The highest BCUT2D eigenvalue weighted by Crippen LogP contribution is 2.36. The van der Waals surface area contributed by atoms with E-state index in [2.05, 4.69) is 42.0 Å². The molecule has 0 heterocycles. The SMILES string of the molecule is CC(C)(C)NCC1CCCC1Cc1cccc(F)c1Br. The van der Waals surface area contributed by atoms with Crippen LogP contribution in [0.1, 0.15) is 45.6 Å². The molecule has 0 amide bonds. The maximum Gasteiger partial charge on any atom is 0.137 e. The quantitative estimate of drug-likeness (QED) is 0.818. The lowest BCUT2D eigenvalue weighted by atomic mass is 9.89. The summed E-state index contributed by atoms with van der Waals surface area (Å²) >= 11 is 3.39. The van der Waals surface area contributed by atoms with Crippen molar-refractivity contribution in [3.8, 4) is 0 Å². The first-order chi connectivity index (χ1) is 9.37. The molecule has 2 rings (SSSR count). The third-order valence-corrected chi connectivity index (χ3v) is 5.11. The van der Waals surface area contributed by atoms with Crippen molar-refractivity contribution >= 4 is 15.9 Å². The van der Waals surface area contributed by atoms with Crippen LogP contribution in [-0.2, 0) is 6.42 Å². The third-order valence-electron chi connectivity index (χ3n) is 4.22. The number of benzene rings is 1. The van der Waals surface area contributed by atoms with Gasteiger partial charge >= 0.3 is 0 Å². The summed E-state index contributed by atoms with van der Waals surface area (Å²) in [6, 6.07) is 5.37. The maximum atomic E-state index is 13.6. The highest BCUT2D eigenvalue weighted by molar-refractivity contribution is 9.10. The molecule has 0 spiro atoms. The molecule has 2 atom stereocenters. The Bertz CT molecular complexity index is 453. The Morgan fingerprint density at radius 2 is 1.95 bits per heavy atom. The molecule has 1 N–H and O–H groups in total. The highest BCUT2D eigenvalue weighted by atomic mass is 79.9. The lowest BCUT2D eigenvalue weighted by Crippen LogP contribution is -2.40. The fourth-order valence-corrected chi connectivity index (χ4v) is 3.50. The van der Waals surface area contributed by atoms with Crippen molar-refractivity contribution in [3.63, 3.8) is 0 Å². The van der Waals surface area contributed by atoms with Crippen LogP contribution in [0.15, 0.2) is 22.7 Å². The summed E-state index contributed by atoms with van der Waals surface area (Å²) in [6.45, 7) is 7.70. The molecular weight excluding hydrogens is 317 g/mol. The van der Waals surface area contributed by atoms with Gasteiger partial charge in [-0.25, -0.2) is 4.39 Å². The van der Waals surface area contributed by atoms with E-state index in [1.54, 1.807) is 0 Å². The summed E-state index contributed by atoms with van der Waals surface area (Å²) in [7, 11) is 0. The Balaban J connectivity index is 1.99. The standard InChI is InChI=1S/C17H25BrFN/c1-17(2,3)20-11-14-8-4-6-12(14)10-13-7-5-9-15(19)16(13)18/h5,7,9,12,14,20H,4,6,8,10-11H2,1-3H3. The predicted molar refractivity (Wildman–Crippen MR) is 86.4 cm³/mol. The fourth-order valence-electron chi connectivity index (χ4n) is 3.08. The van der Waals surface area contributed by atoms with E-state index in [0.717, 1.165) is 18.5 Å². The van der Waals surface area contributed by atoms with Gasteiger partial charge in [-0.3, -0.25) is 0 Å². The Kier molecular flexibility index (Phi) is 5.25. The van der Waals surface area contributed by atoms with Crippen LogP contribution in [0.25, 0.3) is 0 Å². The number of halogens is 2. The van der Waals surface area contributed by atoms with E-state index < -0.39 is 0 Å². The molecule has 20 heavy (non-hydrogen) atoms. The van der Waals surface area contributed by atoms with Gasteiger partial charge in [-0.05, 0) is 86.0 Å². The van der Waals surface area contributed by atoms with Crippen molar-refractivity contribution in [2.24, 2.45) is 11.8 Å². The Morgan fingerprint density at radius 1 is 1.25 bits per heavy atom. The van der Waals surface area contributed by atoms with E-state index in [-0.39, 0.29) is 11.4 Å². The number of nitrogens with one attached hydrogen (secondary N) is 1. The van der Waals surface area contributed by atoms with Gasteiger partial charge in [0.25, 0.3) is 0 Å². The first kappa shape index (κ1) is 16.0. The van der Waals surface area contributed by atoms with Crippen molar-refractivity contribution in [2.45, 2.75) is 52.0 Å². The van der Waals surface area contributed by atoms with Gasteiger partial charge in [-0.1, -0.05) is 18.6 Å². The molecule has 1 saturated carbocycles. The molecule has 1 fully saturated rings. The van der Waals surface area contributed by atoms with Gasteiger partial charge in [0.05, 0.1) is 4.47 Å². The van der Waals surface area contributed by atoms with Crippen molar-refractivity contribution in [1.82, 2.24) is 5.32 Å². The topological polar surface area (TPSA) is 12.0 Å². The van der Waals surface area contributed by atoms with Gasteiger partial charge in [-0.15, -0.1) is 0 Å². The fraction of sp³-hybridized carbons (Fsp3) is 0.647. The second-order valence-electron chi connectivity index (χ2n) is 7.00. The molecule has 1 aromatic carbocycles. The molecule has 1 aliphatic carbocycles. The summed E-state index contributed by atoms with van der Waals surface area (Å²) in [6.07, 6.45) is 4.84. The van der Waals surface area contributed by atoms with Gasteiger partial charge in [0.15, 0.2) is 0 Å². The zero-order valence-corrected chi connectivity index (χ0v) is 14.3. The van der Waals surface area contributed by atoms with E-state index in [4.69, 9.17) is 0 Å². The molecule has 0 saturated heterocycles. The predicted octanol–water partition coefficient (Wildman–Crippen LogP) is 4.94. The molecule has 0 aliphatic heterocycles. The molecule has 0 aromatic heterocycles. The second kappa shape index (κ2) is 6.57. The molecule has 1 nitrogen and oxygen atoms in total. The molecule has 0 bridgehead atoms. The number of hydrogen-bond donors (Lipinski definition) is 1. The van der Waals surface area contributed by atoms with Crippen LogP contribution in [0.3, 0.4) is 0 Å². The zero-order valence-electron chi connectivity index (χ0n) is 12.7. The lowest BCUT2D eigenvalue weighted by molar-refractivity contribution is 0.317. The van der Waals surface area contributed by atoms with E-state index in [1.165, 1.54) is 25.3 Å². The van der Waals surface area contributed by atoms with Gasteiger partial charge < -0.3 is 5.32 Å². The molecule has 2 unspecified atom stereocenters. The van der Waals surface area contributed by atoms with Crippen molar-refractivity contribution in [1.29, 1.82) is 0 Å². The van der Waals surface area contributed by atoms with E-state index in [0.29, 0.717) is 16.3 Å². The summed E-state index contributed by atoms with van der Waals surface area (Å²) in [5.74, 6) is 1.23. The average molecular weight is 342 g/mol. The largest absolute Gasteiger partial charge is 0.312 e. The average Bonchev–Trinajstić information content (AvgIpc) is 2.79. The minimum Gasteiger partial charge on any atom is -0.312 e. The summed E-state index contributed by atoms with van der Waals surface area (Å²) in [5, 5.41) is 3.62. The van der Waals surface area contributed by atoms with Crippen molar-refractivity contribution in [2.75, 3.05) is 6.54 Å². The van der Waals surface area contributed by atoms with Crippen LogP contribution in [0, 0.1) is 17.7 Å². The number of hydrogen-bond acceptors (Lipinski definition) is 1. The smallest absolute Gasteiger partial charge is 0.137 e. The van der Waals surface area contributed by atoms with Crippen molar-refractivity contribution < 1.29 is 4.39 Å². The monoisotopic (exact) mass is 341 g/mol. The molecular formula is C17H25BrFN. The lowest BCUT2D eigenvalue weighted by Gasteiger charge is -2.26. The Morgan fingerprint density at radius 3 is 2.65 bits per heavy atom. The van der Waals surface area contributed by atoms with E-state index in [1.807, 2.05) is 12.1 Å². The van der Waals surface area contributed by atoms with Crippen molar-refractivity contribution in [3.05, 3.63) is 34.1 Å². The highest BCUT2D eigenvalue weighted by Gasteiger charge is 2.28. The summed E-state index contributed by atoms with van der Waals surface area (Å²) < 4.78 is 14.2. The number of rotatable bonds is 4. The minimum absolute atomic E-state index is 0.148. The van der Waals surface area contributed by atoms with Gasteiger partial charge in [0, 0.05) is 5.54 Å². The third kappa shape index (κ3) is 4.29. The maximum absolute atomic E-state index is 13.6. The first-order valence-corrected chi connectivity index (χ1v) is 8.34. The normalized spacial score (nSPS) is 23.2. The molecule has 112 valence electrons. The van der Waals surface area contributed by atoms with E-state index in [9.17, 15) is 4.39 Å². The second-order valence-corrected chi connectivity index (χ2v) is 7.79. The molecule has 3 heteroatoms. The first-order valence-electron chi connectivity index (χ1n) is 7.55. The minimum atomic E-state index is -0.148. The Hall–Kier alpha value is -0.410. The molecule has 0 radical (unpaired) electrons. The zero-order chi connectivity index (χ0) is 14.8. The molecule has 1 aromatic rings. The van der Waals surface area contributed by atoms with Crippen LogP contribution in [0.2, 0.25) is 0 Å². The van der Waals surface area contributed by atoms with Gasteiger partial charge in [0.1, 0.15) is 5.82 Å². The van der Waals surface area contributed by atoms with Crippen LogP contribution in [-0.4, -0.2) is 12.1 Å². The van der Waals surface area contributed by atoms with E-state index >= 15 is 0 Å².